The molecule has 10 rings (SSSR count). The van der Waals surface area contributed by atoms with Gasteiger partial charge in [-0.3, -0.25) is 4.98 Å². The van der Waals surface area contributed by atoms with Gasteiger partial charge >= 0.3 is 0 Å². The van der Waals surface area contributed by atoms with E-state index in [-0.39, 0.29) is 0 Å². The van der Waals surface area contributed by atoms with Crippen LogP contribution in [-0.2, 0) is 0 Å². The summed E-state index contributed by atoms with van der Waals surface area (Å²) in [5.74, 6) is 1.90. The molecule has 10 aromatic rings. The average Bonchev–Trinajstić information content (AvgIpc) is 3.19. The molecular weight excluding hydrogens is 609 g/mol. The molecule has 4 heteroatoms. The van der Waals surface area contributed by atoms with E-state index in [9.17, 15) is 0 Å². The lowest BCUT2D eigenvalue weighted by molar-refractivity contribution is 1.08. The zero-order valence-electron chi connectivity index (χ0n) is 27.0. The molecule has 0 fully saturated rings. The van der Waals surface area contributed by atoms with Gasteiger partial charge in [0.15, 0.2) is 17.5 Å². The molecular formula is C46H28N4. The van der Waals surface area contributed by atoms with Crippen LogP contribution in [0.2, 0.25) is 0 Å². The fraction of sp³-hybridized carbons (Fsp3) is 0. The number of hydrogen-bond acceptors (Lipinski definition) is 4. The SMILES string of the molecule is c1ccc2cc(-c3nc(-c4ccc(-c5cccc6ccccc56)cc4)nc(-c4cc5ccncc5c5c4ccc4ccccc45)n3)ccc2c1. The summed E-state index contributed by atoms with van der Waals surface area (Å²) in [6.45, 7) is 0. The quantitative estimate of drug-likeness (QED) is 0.180. The first-order valence-corrected chi connectivity index (χ1v) is 16.8. The molecule has 0 atom stereocenters. The van der Waals surface area contributed by atoms with E-state index in [0.29, 0.717) is 17.5 Å². The lowest BCUT2D eigenvalue weighted by atomic mass is 9.93. The van der Waals surface area contributed by atoms with Crippen molar-refractivity contribution in [3.05, 3.63) is 170 Å². The van der Waals surface area contributed by atoms with Gasteiger partial charge in [-0.25, -0.2) is 15.0 Å². The van der Waals surface area contributed by atoms with Crippen LogP contribution >= 0.6 is 0 Å². The Bertz CT molecular complexity index is 2910. The highest BCUT2D eigenvalue weighted by Gasteiger charge is 2.18. The van der Waals surface area contributed by atoms with Gasteiger partial charge in [-0.05, 0) is 77.8 Å². The summed E-state index contributed by atoms with van der Waals surface area (Å²) in [6.07, 6.45) is 3.81. The largest absolute Gasteiger partial charge is 0.264 e. The zero-order valence-corrected chi connectivity index (χ0v) is 27.0. The van der Waals surface area contributed by atoms with Gasteiger partial charge in [-0.15, -0.1) is 0 Å². The molecule has 0 saturated heterocycles. The Labute approximate surface area is 288 Å². The van der Waals surface area contributed by atoms with Crippen LogP contribution < -0.4 is 0 Å². The predicted octanol–water partition coefficient (Wildman–Crippen LogP) is 11.7. The Kier molecular flexibility index (Phi) is 6.46. The summed E-state index contributed by atoms with van der Waals surface area (Å²) in [6, 6.07) is 55.5. The third-order valence-electron chi connectivity index (χ3n) is 9.77. The molecule has 50 heavy (non-hydrogen) atoms. The first kappa shape index (κ1) is 28.3. The molecule has 0 aliphatic rings. The van der Waals surface area contributed by atoms with Crippen molar-refractivity contribution in [2.24, 2.45) is 0 Å². The van der Waals surface area contributed by atoms with Crippen LogP contribution in [0.15, 0.2) is 170 Å². The van der Waals surface area contributed by atoms with Gasteiger partial charge in [0, 0.05) is 34.5 Å². The van der Waals surface area contributed by atoms with Crippen molar-refractivity contribution in [3.63, 3.8) is 0 Å². The average molecular weight is 637 g/mol. The molecule has 0 amide bonds. The lowest BCUT2D eigenvalue weighted by Crippen LogP contribution is -2.01. The molecule has 0 saturated carbocycles. The maximum absolute atomic E-state index is 5.21. The van der Waals surface area contributed by atoms with E-state index < -0.39 is 0 Å². The van der Waals surface area contributed by atoms with Crippen molar-refractivity contribution in [1.82, 2.24) is 19.9 Å². The Balaban J connectivity index is 1.20. The van der Waals surface area contributed by atoms with Crippen LogP contribution in [0.3, 0.4) is 0 Å². The normalized spacial score (nSPS) is 11.6. The van der Waals surface area contributed by atoms with Gasteiger partial charge in [-0.2, -0.15) is 0 Å². The van der Waals surface area contributed by atoms with Gasteiger partial charge < -0.3 is 0 Å². The molecule has 2 aromatic heterocycles. The van der Waals surface area contributed by atoms with Crippen LogP contribution in [0.5, 0.6) is 0 Å². The van der Waals surface area contributed by atoms with Crippen LogP contribution in [0.4, 0.5) is 0 Å². The zero-order chi connectivity index (χ0) is 33.0. The highest BCUT2D eigenvalue weighted by molar-refractivity contribution is 6.23. The fourth-order valence-electron chi connectivity index (χ4n) is 7.30. The number of aromatic nitrogens is 4. The molecule has 232 valence electrons. The lowest BCUT2D eigenvalue weighted by Gasteiger charge is -2.14. The molecule has 0 aliphatic heterocycles. The Morgan fingerprint density at radius 3 is 1.78 bits per heavy atom. The number of rotatable bonds is 4. The smallest absolute Gasteiger partial charge is 0.164 e. The molecule has 0 radical (unpaired) electrons. The third kappa shape index (κ3) is 4.69. The number of benzene rings is 8. The Morgan fingerprint density at radius 1 is 0.320 bits per heavy atom. The van der Waals surface area contributed by atoms with Crippen LogP contribution in [0.1, 0.15) is 0 Å². The van der Waals surface area contributed by atoms with Gasteiger partial charge in [-0.1, -0.05) is 140 Å². The van der Waals surface area contributed by atoms with Crippen LogP contribution in [0, 0.1) is 0 Å². The van der Waals surface area contributed by atoms with E-state index in [4.69, 9.17) is 15.0 Å². The summed E-state index contributed by atoms with van der Waals surface area (Å²) in [7, 11) is 0. The second-order valence-corrected chi connectivity index (χ2v) is 12.7. The highest BCUT2D eigenvalue weighted by atomic mass is 15.0. The first-order chi connectivity index (χ1) is 24.8. The van der Waals surface area contributed by atoms with Crippen molar-refractivity contribution >= 4 is 53.9 Å². The second kappa shape index (κ2) is 11.4. The van der Waals surface area contributed by atoms with E-state index in [1.807, 2.05) is 12.4 Å². The predicted molar refractivity (Wildman–Crippen MR) is 207 cm³/mol. The van der Waals surface area contributed by atoms with Crippen LogP contribution in [-0.4, -0.2) is 19.9 Å². The minimum absolute atomic E-state index is 0.631. The van der Waals surface area contributed by atoms with Crippen molar-refractivity contribution in [2.45, 2.75) is 0 Å². The molecule has 8 aromatic carbocycles. The van der Waals surface area contributed by atoms with Crippen molar-refractivity contribution < 1.29 is 0 Å². The van der Waals surface area contributed by atoms with E-state index in [1.165, 1.54) is 32.5 Å². The number of nitrogens with zero attached hydrogens (tertiary/aromatic N) is 4. The van der Waals surface area contributed by atoms with Gasteiger partial charge in [0.2, 0.25) is 0 Å². The molecule has 0 aliphatic carbocycles. The van der Waals surface area contributed by atoms with Crippen molar-refractivity contribution in [2.75, 3.05) is 0 Å². The minimum Gasteiger partial charge on any atom is -0.264 e. The summed E-state index contributed by atoms with van der Waals surface area (Å²) in [5, 5.41) is 11.6. The highest BCUT2D eigenvalue weighted by Crippen LogP contribution is 2.39. The molecule has 0 N–H and O–H groups in total. The maximum Gasteiger partial charge on any atom is 0.164 e. The van der Waals surface area contributed by atoms with Gasteiger partial charge in [0.05, 0.1) is 0 Å². The summed E-state index contributed by atoms with van der Waals surface area (Å²) in [4.78, 5) is 20.0. The fourth-order valence-corrected chi connectivity index (χ4v) is 7.30. The van der Waals surface area contributed by atoms with E-state index in [1.54, 1.807) is 0 Å². The second-order valence-electron chi connectivity index (χ2n) is 12.7. The maximum atomic E-state index is 5.21. The van der Waals surface area contributed by atoms with E-state index >= 15 is 0 Å². The van der Waals surface area contributed by atoms with Crippen LogP contribution in [0.25, 0.3) is 99.2 Å². The van der Waals surface area contributed by atoms with Crippen molar-refractivity contribution in [3.8, 4) is 45.3 Å². The Morgan fingerprint density at radius 2 is 0.940 bits per heavy atom. The van der Waals surface area contributed by atoms with Gasteiger partial charge in [0.1, 0.15) is 0 Å². The molecule has 2 heterocycles. The summed E-state index contributed by atoms with van der Waals surface area (Å²) >= 11 is 0. The summed E-state index contributed by atoms with van der Waals surface area (Å²) < 4.78 is 0. The number of hydrogen-bond donors (Lipinski definition) is 0. The standard InChI is InChI=1S/C46H28N4/c1-2-11-34-26-36(21-16-29(34)8-1)45-48-44(33-19-17-32(18-20-33)38-15-7-12-30-9-3-5-13-37(30)38)49-46(50-45)41-27-35-24-25-47-28-42(35)43-39-14-6-4-10-31(39)22-23-40(41)43/h1-28H. The summed E-state index contributed by atoms with van der Waals surface area (Å²) in [5.41, 5.74) is 5.19. The minimum atomic E-state index is 0.631. The molecule has 0 bridgehead atoms. The number of pyridine rings is 1. The Hall–Kier alpha value is -6.78. The van der Waals surface area contributed by atoms with Gasteiger partial charge in [0.25, 0.3) is 0 Å². The van der Waals surface area contributed by atoms with E-state index in [0.717, 1.165) is 49.2 Å². The van der Waals surface area contributed by atoms with Crippen molar-refractivity contribution in [1.29, 1.82) is 0 Å². The molecule has 4 nitrogen and oxygen atoms in total. The monoisotopic (exact) mass is 636 g/mol. The number of fused-ring (bicyclic) bond motifs is 7. The topological polar surface area (TPSA) is 51.6 Å². The third-order valence-corrected chi connectivity index (χ3v) is 9.77. The van der Waals surface area contributed by atoms with E-state index in [2.05, 4.69) is 163 Å². The first-order valence-electron chi connectivity index (χ1n) is 16.8. The molecule has 0 unspecified atom stereocenters. The molecule has 0 spiro atoms.